The van der Waals surface area contributed by atoms with E-state index in [0.717, 1.165) is 32.1 Å². The van der Waals surface area contributed by atoms with Crippen molar-refractivity contribution in [1.82, 2.24) is 14.8 Å². The summed E-state index contributed by atoms with van der Waals surface area (Å²) in [6, 6.07) is 0. The Balaban J connectivity index is 2.11. The van der Waals surface area contributed by atoms with Crippen molar-refractivity contribution < 1.29 is 22.0 Å². The summed E-state index contributed by atoms with van der Waals surface area (Å²) in [6.45, 7) is 1.41. The van der Waals surface area contributed by atoms with Crippen molar-refractivity contribution in [2.24, 2.45) is 0 Å². The molecular weight excluding hydrogens is 317 g/mol. The van der Waals surface area contributed by atoms with Gasteiger partial charge in [0.25, 0.3) is 0 Å². The summed E-state index contributed by atoms with van der Waals surface area (Å²) in [5.74, 6) is -9.49. The maximum absolute atomic E-state index is 13.9. The Bertz CT molecular complexity index is 721. The third kappa shape index (κ3) is 2.60. The Morgan fingerprint density at radius 1 is 0.826 bits per heavy atom. The van der Waals surface area contributed by atoms with Gasteiger partial charge in [-0.3, -0.25) is 0 Å². The molecule has 0 spiro atoms. The van der Waals surface area contributed by atoms with E-state index in [9.17, 15) is 22.0 Å². The maximum Gasteiger partial charge on any atom is 0.200 e. The zero-order chi connectivity index (χ0) is 16.7. The number of hydrogen-bond donors (Lipinski definition) is 0. The molecule has 0 radical (unpaired) electrons. The summed E-state index contributed by atoms with van der Waals surface area (Å²) in [6.07, 6.45) is 4.80. The molecule has 0 saturated heterocycles. The van der Waals surface area contributed by atoms with Gasteiger partial charge in [-0.05, 0) is 19.8 Å². The van der Waals surface area contributed by atoms with Crippen LogP contribution in [-0.4, -0.2) is 14.8 Å². The normalized spacial score (nSPS) is 16.1. The highest BCUT2D eigenvalue weighted by Crippen LogP contribution is 2.32. The molecule has 2 aromatic rings. The second-order valence-electron chi connectivity index (χ2n) is 5.68. The van der Waals surface area contributed by atoms with Crippen molar-refractivity contribution in [2.45, 2.75) is 44.9 Å². The van der Waals surface area contributed by atoms with Crippen LogP contribution in [0.2, 0.25) is 0 Å². The molecule has 1 aliphatic carbocycles. The largest absolute Gasteiger partial charge is 0.216 e. The van der Waals surface area contributed by atoms with Gasteiger partial charge in [0.15, 0.2) is 29.1 Å². The summed E-state index contributed by atoms with van der Waals surface area (Å²) in [5.41, 5.74) is -1.09. The molecular formula is C15H14F5N3. The minimum Gasteiger partial charge on any atom is -0.216 e. The summed E-state index contributed by atoms with van der Waals surface area (Å²) in [4.78, 5) is 4.15. The van der Waals surface area contributed by atoms with E-state index in [0.29, 0.717) is 10.5 Å². The van der Waals surface area contributed by atoms with Gasteiger partial charge in [-0.1, -0.05) is 19.3 Å². The lowest BCUT2D eigenvalue weighted by molar-refractivity contribution is 0.373. The van der Waals surface area contributed by atoms with E-state index in [-0.39, 0.29) is 11.7 Å². The lowest BCUT2D eigenvalue weighted by Crippen LogP contribution is -2.12. The molecule has 124 valence electrons. The van der Waals surface area contributed by atoms with Crippen LogP contribution in [0.4, 0.5) is 22.0 Å². The monoisotopic (exact) mass is 331 g/mol. The highest BCUT2D eigenvalue weighted by atomic mass is 19.2. The number of aromatic nitrogens is 3. The first-order valence-electron chi connectivity index (χ1n) is 7.37. The predicted octanol–water partition coefficient (Wildman–Crippen LogP) is 4.32. The van der Waals surface area contributed by atoms with Gasteiger partial charge in [0, 0.05) is 5.92 Å². The van der Waals surface area contributed by atoms with E-state index < -0.39 is 34.8 Å². The SMILES string of the molecule is Cc1nc(C2CCCCC2)nn1-c1c(F)c(F)c(F)c(F)c1F. The van der Waals surface area contributed by atoms with Crippen molar-refractivity contribution >= 4 is 0 Å². The van der Waals surface area contributed by atoms with Crippen LogP contribution >= 0.6 is 0 Å². The zero-order valence-corrected chi connectivity index (χ0v) is 12.3. The molecule has 1 heterocycles. The average Bonchev–Trinajstić information content (AvgIpc) is 2.94. The summed E-state index contributed by atoms with van der Waals surface area (Å²) in [5, 5.41) is 4.01. The predicted molar refractivity (Wildman–Crippen MR) is 71.7 cm³/mol. The summed E-state index contributed by atoms with van der Waals surface area (Å²) >= 11 is 0. The van der Waals surface area contributed by atoms with Crippen molar-refractivity contribution in [3.8, 4) is 5.69 Å². The summed E-state index contributed by atoms with van der Waals surface area (Å²) in [7, 11) is 0. The molecule has 0 aliphatic heterocycles. The Morgan fingerprint density at radius 3 is 1.91 bits per heavy atom. The number of halogens is 5. The van der Waals surface area contributed by atoms with Crippen LogP contribution in [0.25, 0.3) is 5.69 Å². The molecule has 3 rings (SSSR count). The van der Waals surface area contributed by atoms with E-state index in [1.165, 1.54) is 6.92 Å². The van der Waals surface area contributed by atoms with Crippen LogP contribution in [0.3, 0.4) is 0 Å². The fourth-order valence-corrected chi connectivity index (χ4v) is 2.94. The number of benzene rings is 1. The molecule has 1 aromatic heterocycles. The first kappa shape index (κ1) is 15.9. The average molecular weight is 331 g/mol. The van der Waals surface area contributed by atoms with Crippen molar-refractivity contribution in [3.05, 3.63) is 40.7 Å². The first-order valence-corrected chi connectivity index (χ1v) is 7.37. The van der Waals surface area contributed by atoms with Gasteiger partial charge in [-0.2, -0.15) is 5.10 Å². The smallest absolute Gasteiger partial charge is 0.200 e. The van der Waals surface area contributed by atoms with Gasteiger partial charge in [-0.15, -0.1) is 0 Å². The molecule has 1 aromatic carbocycles. The number of aryl methyl sites for hydroxylation is 1. The van der Waals surface area contributed by atoms with Gasteiger partial charge in [0.2, 0.25) is 5.82 Å². The molecule has 8 heteroatoms. The maximum atomic E-state index is 13.9. The van der Waals surface area contributed by atoms with Crippen molar-refractivity contribution in [3.63, 3.8) is 0 Å². The number of rotatable bonds is 2. The fraction of sp³-hybridized carbons (Fsp3) is 0.467. The molecule has 1 fully saturated rings. The first-order chi connectivity index (χ1) is 10.9. The van der Waals surface area contributed by atoms with Crippen LogP contribution in [0.1, 0.15) is 49.7 Å². The van der Waals surface area contributed by atoms with E-state index >= 15 is 0 Å². The number of hydrogen-bond acceptors (Lipinski definition) is 2. The van der Waals surface area contributed by atoms with E-state index in [4.69, 9.17) is 0 Å². The van der Waals surface area contributed by atoms with Crippen LogP contribution in [0.15, 0.2) is 0 Å². The third-order valence-corrected chi connectivity index (χ3v) is 4.15. The lowest BCUT2D eigenvalue weighted by Gasteiger charge is -2.18. The molecule has 0 N–H and O–H groups in total. The van der Waals surface area contributed by atoms with Gasteiger partial charge in [0.05, 0.1) is 0 Å². The molecule has 1 aliphatic rings. The Hall–Kier alpha value is -1.99. The standard InChI is InChI=1S/C15H14F5N3/c1-7-21-15(8-5-3-2-4-6-8)22-23(7)14-12(19)10(17)9(16)11(18)13(14)20/h8H,2-6H2,1H3. The second kappa shape index (κ2) is 5.90. The van der Waals surface area contributed by atoms with E-state index in [1.54, 1.807) is 0 Å². The number of nitrogens with zero attached hydrogens (tertiary/aromatic N) is 3. The third-order valence-electron chi connectivity index (χ3n) is 4.15. The van der Waals surface area contributed by atoms with E-state index in [1.807, 2.05) is 0 Å². The molecule has 0 atom stereocenters. The molecule has 0 bridgehead atoms. The van der Waals surface area contributed by atoms with Crippen molar-refractivity contribution in [1.29, 1.82) is 0 Å². The van der Waals surface area contributed by atoms with Crippen LogP contribution in [0.5, 0.6) is 0 Å². The van der Waals surface area contributed by atoms with Crippen molar-refractivity contribution in [2.75, 3.05) is 0 Å². The van der Waals surface area contributed by atoms with E-state index in [2.05, 4.69) is 10.1 Å². The van der Waals surface area contributed by atoms with Gasteiger partial charge < -0.3 is 0 Å². The van der Waals surface area contributed by atoms with Gasteiger partial charge >= 0.3 is 0 Å². The Kier molecular flexibility index (Phi) is 4.08. The minimum atomic E-state index is -2.19. The molecule has 23 heavy (non-hydrogen) atoms. The molecule has 0 unspecified atom stereocenters. The second-order valence-corrected chi connectivity index (χ2v) is 5.68. The zero-order valence-electron chi connectivity index (χ0n) is 12.3. The van der Waals surface area contributed by atoms with Gasteiger partial charge in [0.1, 0.15) is 11.5 Å². The lowest BCUT2D eigenvalue weighted by atomic mass is 9.89. The molecule has 1 saturated carbocycles. The molecule has 0 amide bonds. The highest BCUT2D eigenvalue weighted by molar-refractivity contribution is 5.37. The summed E-state index contributed by atoms with van der Waals surface area (Å²) < 4.78 is 68.4. The Labute approximate surface area is 129 Å². The fourth-order valence-electron chi connectivity index (χ4n) is 2.94. The van der Waals surface area contributed by atoms with Crippen LogP contribution in [0, 0.1) is 36.0 Å². The minimum absolute atomic E-state index is 0.0463. The highest BCUT2D eigenvalue weighted by Gasteiger charge is 2.29. The van der Waals surface area contributed by atoms with Crippen LogP contribution in [-0.2, 0) is 0 Å². The topological polar surface area (TPSA) is 30.7 Å². The quantitative estimate of drug-likeness (QED) is 0.466. The Morgan fingerprint density at radius 2 is 1.35 bits per heavy atom. The molecule has 3 nitrogen and oxygen atoms in total. The van der Waals surface area contributed by atoms with Crippen LogP contribution < -0.4 is 0 Å². The van der Waals surface area contributed by atoms with Gasteiger partial charge in [-0.25, -0.2) is 31.6 Å².